The summed E-state index contributed by atoms with van der Waals surface area (Å²) in [4.78, 5) is 15.5. The normalized spacial score (nSPS) is 12.2. The molecule has 0 aliphatic carbocycles. The maximum Gasteiger partial charge on any atom is 0.328 e. The second-order valence-electron chi connectivity index (χ2n) is 4.09. The highest BCUT2D eigenvalue weighted by Gasteiger charge is 2.19. The van der Waals surface area contributed by atoms with E-state index in [2.05, 4.69) is 24.1 Å². The molecule has 88 valence electrons. The standard InChI is InChI=1S/C12H18N2O2/c1-9(2)8-11(12(15)16-3)14-10-4-6-13-7-5-10/h4-7,9,11H,8H2,1-3H3,(H,13,14). The first-order valence-corrected chi connectivity index (χ1v) is 5.38. The molecule has 4 heteroatoms. The van der Waals surface area contributed by atoms with Gasteiger partial charge in [0.2, 0.25) is 0 Å². The first kappa shape index (κ1) is 12.5. The van der Waals surface area contributed by atoms with Crippen LogP contribution in [-0.2, 0) is 9.53 Å². The van der Waals surface area contributed by atoms with Crippen LogP contribution in [0.2, 0.25) is 0 Å². The Morgan fingerprint density at radius 3 is 2.56 bits per heavy atom. The van der Waals surface area contributed by atoms with E-state index in [1.165, 1.54) is 7.11 Å². The quantitative estimate of drug-likeness (QED) is 0.775. The van der Waals surface area contributed by atoms with Crippen LogP contribution in [0.3, 0.4) is 0 Å². The Balaban J connectivity index is 2.67. The van der Waals surface area contributed by atoms with Crippen molar-refractivity contribution in [1.82, 2.24) is 4.98 Å². The largest absolute Gasteiger partial charge is 0.467 e. The summed E-state index contributed by atoms with van der Waals surface area (Å²) < 4.78 is 4.77. The van der Waals surface area contributed by atoms with Crippen molar-refractivity contribution in [3.05, 3.63) is 24.5 Å². The molecule has 1 aromatic rings. The number of methoxy groups -OCH3 is 1. The van der Waals surface area contributed by atoms with Crippen LogP contribution < -0.4 is 5.32 Å². The number of hydrogen-bond donors (Lipinski definition) is 1. The monoisotopic (exact) mass is 222 g/mol. The van der Waals surface area contributed by atoms with Gasteiger partial charge in [-0.2, -0.15) is 0 Å². The summed E-state index contributed by atoms with van der Waals surface area (Å²) >= 11 is 0. The zero-order chi connectivity index (χ0) is 12.0. The van der Waals surface area contributed by atoms with E-state index in [0.29, 0.717) is 5.92 Å². The van der Waals surface area contributed by atoms with Crippen LogP contribution in [0.25, 0.3) is 0 Å². The number of esters is 1. The smallest absolute Gasteiger partial charge is 0.328 e. The molecule has 0 bridgehead atoms. The van der Waals surface area contributed by atoms with Crippen molar-refractivity contribution in [2.75, 3.05) is 12.4 Å². The number of nitrogens with one attached hydrogen (secondary N) is 1. The van der Waals surface area contributed by atoms with Gasteiger partial charge in [-0.05, 0) is 24.5 Å². The Bertz CT molecular complexity index is 325. The number of carbonyl (C=O) groups is 1. The molecule has 0 radical (unpaired) electrons. The average molecular weight is 222 g/mol. The molecule has 16 heavy (non-hydrogen) atoms. The van der Waals surface area contributed by atoms with Gasteiger partial charge in [0.05, 0.1) is 7.11 Å². The summed E-state index contributed by atoms with van der Waals surface area (Å²) in [5.41, 5.74) is 0.881. The molecule has 0 amide bonds. The minimum Gasteiger partial charge on any atom is -0.467 e. The lowest BCUT2D eigenvalue weighted by molar-refractivity contribution is -0.141. The van der Waals surface area contributed by atoms with E-state index in [1.807, 2.05) is 12.1 Å². The summed E-state index contributed by atoms with van der Waals surface area (Å²) in [6.07, 6.45) is 4.12. The SMILES string of the molecule is COC(=O)C(CC(C)C)Nc1ccncc1. The number of nitrogens with zero attached hydrogens (tertiary/aromatic N) is 1. The van der Waals surface area contributed by atoms with Gasteiger partial charge in [0.15, 0.2) is 0 Å². The van der Waals surface area contributed by atoms with Crippen LogP contribution in [0.15, 0.2) is 24.5 Å². The molecule has 0 saturated heterocycles. The third-order valence-electron chi connectivity index (χ3n) is 2.21. The highest BCUT2D eigenvalue weighted by Crippen LogP contribution is 2.13. The van der Waals surface area contributed by atoms with E-state index in [9.17, 15) is 4.79 Å². The lowest BCUT2D eigenvalue weighted by atomic mass is 10.0. The van der Waals surface area contributed by atoms with Crippen LogP contribution in [0.4, 0.5) is 5.69 Å². The fourth-order valence-electron chi connectivity index (χ4n) is 1.48. The molecule has 1 heterocycles. The van der Waals surface area contributed by atoms with E-state index in [4.69, 9.17) is 4.74 Å². The van der Waals surface area contributed by atoms with Crippen molar-refractivity contribution < 1.29 is 9.53 Å². The molecule has 0 aliphatic rings. The van der Waals surface area contributed by atoms with E-state index < -0.39 is 0 Å². The van der Waals surface area contributed by atoms with Gasteiger partial charge in [0.25, 0.3) is 0 Å². The van der Waals surface area contributed by atoms with Crippen molar-refractivity contribution >= 4 is 11.7 Å². The van der Waals surface area contributed by atoms with Crippen molar-refractivity contribution in [2.24, 2.45) is 5.92 Å². The van der Waals surface area contributed by atoms with Crippen LogP contribution in [-0.4, -0.2) is 24.1 Å². The maximum absolute atomic E-state index is 11.6. The molecule has 0 spiro atoms. The number of carbonyl (C=O) groups excluding carboxylic acids is 1. The number of pyridine rings is 1. The summed E-state index contributed by atoms with van der Waals surface area (Å²) in [5, 5.41) is 3.15. The van der Waals surface area contributed by atoms with Gasteiger partial charge in [-0.15, -0.1) is 0 Å². The molecule has 1 aromatic heterocycles. The maximum atomic E-state index is 11.6. The van der Waals surface area contributed by atoms with Gasteiger partial charge in [-0.1, -0.05) is 13.8 Å². The van der Waals surface area contributed by atoms with Crippen LogP contribution >= 0.6 is 0 Å². The fraction of sp³-hybridized carbons (Fsp3) is 0.500. The van der Waals surface area contributed by atoms with Gasteiger partial charge < -0.3 is 10.1 Å². The van der Waals surface area contributed by atoms with Gasteiger partial charge in [0.1, 0.15) is 6.04 Å². The molecular weight excluding hydrogens is 204 g/mol. The third-order valence-corrected chi connectivity index (χ3v) is 2.21. The Morgan fingerprint density at radius 1 is 1.44 bits per heavy atom. The molecule has 1 N–H and O–H groups in total. The second-order valence-corrected chi connectivity index (χ2v) is 4.09. The third kappa shape index (κ3) is 3.88. The topological polar surface area (TPSA) is 51.2 Å². The van der Waals surface area contributed by atoms with Crippen molar-refractivity contribution in [1.29, 1.82) is 0 Å². The summed E-state index contributed by atoms with van der Waals surface area (Å²) in [6.45, 7) is 4.15. The molecule has 1 atom stereocenters. The molecule has 0 fully saturated rings. The first-order valence-electron chi connectivity index (χ1n) is 5.38. The highest BCUT2D eigenvalue weighted by atomic mass is 16.5. The minimum absolute atomic E-state index is 0.231. The van der Waals surface area contributed by atoms with Gasteiger partial charge in [0, 0.05) is 18.1 Å². The van der Waals surface area contributed by atoms with Gasteiger partial charge in [-0.3, -0.25) is 4.98 Å². The summed E-state index contributed by atoms with van der Waals surface area (Å²) in [5.74, 6) is 0.198. The van der Waals surface area contributed by atoms with E-state index >= 15 is 0 Å². The molecule has 1 rings (SSSR count). The molecule has 0 saturated carbocycles. The predicted octanol–water partition coefficient (Wildman–Crippen LogP) is 2.08. The van der Waals surface area contributed by atoms with Gasteiger partial charge in [-0.25, -0.2) is 4.79 Å². The number of hydrogen-bond acceptors (Lipinski definition) is 4. The van der Waals surface area contributed by atoms with Crippen LogP contribution in [0.5, 0.6) is 0 Å². The van der Waals surface area contributed by atoms with Crippen molar-refractivity contribution in [3.63, 3.8) is 0 Å². The fourth-order valence-corrected chi connectivity index (χ4v) is 1.48. The Morgan fingerprint density at radius 2 is 2.06 bits per heavy atom. The Hall–Kier alpha value is -1.58. The van der Waals surface area contributed by atoms with E-state index in [1.54, 1.807) is 12.4 Å². The van der Waals surface area contributed by atoms with Gasteiger partial charge >= 0.3 is 5.97 Å². The predicted molar refractivity (Wildman–Crippen MR) is 63.1 cm³/mol. The molecule has 0 aromatic carbocycles. The Kier molecular flexibility index (Phi) is 4.76. The molecule has 0 aliphatic heterocycles. The van der Waals surface area contributed by atoms with Crippen LogP contribution in [0, 0.1) is 5.92 Å². The lowest BCUT2D eigenvalue weighted by Crippen LogP contribution is -2.32. The number of aromatic nitrogens is 1. The zero-order valence-corrected chi connectivity index (χ0v) is 9.93. The first-order chi connectivity index (χ1) is 7.63. The molecule has 1 unspecified atom stereocenters. The second kappa shape index (κ2) is 6.10. The van der Waals surface area contributed by atoms with E-state index in [-0.39, 0.29) is 12.0 Å². The van der Waals surface area contributed by atoms with Crippen molar-refractivity contribution in [2.45, 2.75) is 26.3 Å². The minimum atomic E-state index is -0.299. The number of ether oxygens (including phenoxy) is 1. The highest BCUT2D eigenvalue weighted by molar-refractivity contribution is 5.79. The zero-order valence-electron chi connectivity index (χ0n) is 9.93. The van der Waals surface area contributed by atoms with Crippen molar-refractivity contribution in [3.8, 4) is 0 Å². The summed E-state index contributed by atoms with van der Waals surface area (Å²) in [6, 6.07) is 3.36. The molecule has 4 nitrogen and oxygen atoms in total. The lowest BCUT2D eigenvalue weighted by Gasteiger charge is -2.19. The molecular formula is C12H18N2O2. The summed E-state index contributed by atoms with van der Waals surface area (Å²) in [7, 11) is 1.41. The average Bonchev–Trinajstić information content (AvgIpc) is 2.28. The van der Waals surface area contributed by atoms with E-state index in [0.717, 1.165) is 12.1 Å². The van der Waals surface area contributed by atoms with Crippen LogP contribution in [0.1, 0.15) is 20.3 Å². The number of anilines is 1. The Labute approximate surface area is 96.0 Å². The number of rotatable bonds is 5.